The van der Waals surface area contributed by atoms with Crippen LogP contribution in [0.25, 0.3) is 0 Å². The van der Waals surface area contributed by atoms with Gasteiger partial charge < -0.3 is 15.1 Å². The Morgan fingerprint density at radius 1 is 1.42 bits per heavy atom. The summed E-state index contributed by atoms with van der Waals surface area (Å²) in [4.78, 5) is 24.7. The Kier molecular flexibility index (Phi) is 4.32. The van der Waals surface area contributed by atoms with E-state index in [0.29, 0.717) is 14.2 Å². The van der Waals surface area contributed by atoms with Crippen molar-refractivity contribution in [3.05, 3.63) is 32.4 Å². The number of aliphatic carboxylic acids is 1. The zero-order valence-corrected chi connectivity index (χ0v) is 12.6. The number of carboxylic acids is 1. The number of aliphatic hydroxyl groups is 1. The van der Waals surface area contributed by atoms with Gasteiger partial charge >= 0.3 is 5.97 Å². The number of aliphatic hydroxyl groups excluding tert-OH is 1. The van der Waals surface area contributed by atoms with E-state index in [0.717, 1.165) is 0 Å². The van der Waals surface area contributed by atoms with Crippen molar-refractivity contribution >= 4 is 46.1 Å². The molecular weight excluding hydrogens is 384 g/mol. The molecule has 0 radical (unpaired) electrons. The van der Waals surface area contributed by atoms with E-state index in [-0.39, 0.29) is 13.0 Å². The summed E-state index contributed by atoms with van der Waals surface area (Å²) in [5.74, 6) is -1.53. The van der Waals surface area contributed by atoms with Crippen LogP contribution in [0, 0.1) is 3.57 Å². The average molecular weight is 396 g/mol. The fourth-order valence-electron chi connectivity index (χ4n) is 2.09. The molecule has 1 heterocycles. The van der Waals surface area contributed by atoms with Gasteiger partial charge in [-0.3, -0.25) is 4.79 Å². The Labute approximate surface area is 128 Å². The van der Waals surface area contributed by atoms with Gasteiger partial charge in [0, 0.05) is 21.6 Å². The topological polar surface area (TPSA) is 77.8 Å². The number of benzene rings is 1. The molecule has 1 aromatic carbocycles. The quantitative estimate of drug-likeness (QED) is 0.746. The molecule has 1 amide bonds. The maximum Gasteiger partial charge on any atom is 0.326 e. The number of hydrogen-bond acceptors (Lipinski definition) is 3. The Morgan fingerprint density at radius 2 is 2.11 bits per heavy atom. The molecule has 0 bridgehead atoms. The van der Waals surface area contributed by atoms with Gasteiger partial charge in [0.05, 0.1) is 11.7 Å². The molecule has 102 valence electrons. The van der Waals surface area contributed by atoms with Crippen molar-refractivity contribution in [2.75, 3.05) is 6.54 Å². The Balaban J connectivity index is 2.33. The SMILES string of the molecule is O=C(O)C1CC(O)CN1C(=O)c1cc(Cl)ccc1I. The monoisotopic (exact) mass is 395 g/mol. The molecule has 0 aromatic heterocycles. The summed E-state index contributed by atoms with van der Waals surface area (Å²) in [6, 6.07) is 3.87. The molecule has 2 atom stereocenters. The summed E-state index contributed by atoms with van der Waals surface area (Å²) in [5.41, 5.74) is 0.355. The Morgan fingerprint density at radius 3 is 2.74 bits per heavy atom. The van der Waals surface area contributed by atoms with E-state index in [9.17, 15) is 14.7 Å². The molecule has 5 nitrogen and oxygen atoms in total. The molecule has 1 fully saturated rings. The lowest BCUT2D eigenvalue weighted by Gasteiger charge is -2.21. The van der Waals surface area contributed by atoms with Crippen LogP contribution in [0.3, 0.4) is 0 Å². The molecule has 0 spiro atoms. The minimum Gasteiger partial charge on any atom is -0.480 e. The summed E-state index contributed by atoms with van der Waals surface area (Å²) >= 11 is 7.85. The molecule has 7 heteroatoms. The van der Waals surface area contributed by atoms with Gasteiger partial charge in [-0.1, -0.05) is 11.6 Å². The van der Waals surface area contributed by atoms with Crippen molar-refractivity contribution in [1.82, 2.24) is 4.90 Å². The fraction of sp³-hybridized carbons (Fsp3) is 0.333. The predicted molar refractivity (Wildman–Crippen MR) is 77.3 cm³/mol. The number of likely N-dealkylation sites (tertiary alicyclic amines) is 1. The molecular formula is C12H11ClINO4. The van der Waals surface area contributed by atoms with Crippen LogP contribution >= 0.6 is 34.2 Å². The second-order valence-corrected chi connectivity index (χ2v) is 5.92. The number of hydrogen-bond donors (Lipinski definition) is 2. The van der Waals surface area contributed by atoms with Gasteiger partial charge in [-0.15, -0.1) is 0 Å². The lowest BCUT2D eigenvalue weighted by molar-refractivity contribution is -0.141. The molecule has 1 aromatic rings. The first-order valence-corrected chi connectivity index (χ1v) is 7.02. The largest absolute Gasteiger partial charge is 0.480 e. The summed E-state index contributed by atoms with van der Waals surface area (Å²) in [6.07, 6.45) is -0.750. The molecule has 19 heavy (non-hydrogen) atoms. The first-order chi connectivity index (χ1) is 8.90. The highest BCUT2D eigenvalue weighted by molar-refractivity contribution is 14.1. The van der Waals surface area contributed by atoms with Gasteiger partial charge in [0.15, 0.2) is 0 Å². The molecule has 1 saturated heterocycles. The molecule has 0 aliphatic carbocycles. The van der Waals surface area contributed by atoms with E-state index < -0.39 is 24.0 Å². The maximum atomic E-state index is 12.4. The third kappa shape index (κ3) is 3.01. The highest BCUT2D eigenvalue weighted by atomic mass is 127. The molecule has 2 rings (SSSR count). The van der Waals surface area contributed by atoms with Crippen LogP contribution in [-0.2, 0) is 4.79 Å². The van der Waals surface area contributed by atoms with Crippen LogP contribution < -0.4 is 0 Å². The van der Waals surface area contributed by atoms with E-state index in [4.69, 9.17) is 16.7 Å². The van der Waals surface area contributed by atoms with Gasteiger partial charge in [0.1, 0.15) is 6.04 Å². The summed E-state index contributed by atoms with van der Waals surface area (Å²) < 4.78 is 0.692. The van der Waals surface area contributed by atoms with E-state index in [1.165, 1.54) is 11.0 Å². The van der Waals surface area contributed by atoms with Crippen molar-refractivity contribution < 1.29 is 19.8 Å². The van der Waals surface area contributed by atoms with Gasteiger partial charge in [-0.25, -0.2) is 4.79 Å². The molecule has 2 unspecified atom stereocenters. The minimum atomic E-state index is -1.11. The summed E-state index contributed by atoms with van der Waals surface area (Å²) in [6.45, 7) is 0.0262. The molecule has 0 saturated carbocycles. The molecule has 1 aliphatic heterocycles. The third-order valence-corrected chi connectivity index (χ3v) is 4.16. The van der Waals surface area contributed by atoms with E-state index in [1.54, 1.807) is 12.1 Å². The van der Waals surface area contributed by atoms with Crippen LogP contribution in [0.1, 0.15) is 16.8 Å². The van der Waals surface area contributed by atoms with Crippen LogP contribution in [-0.4, -0.2) is 45.7 Å². The normalized spacial score (nSPS) is 22.6. The van der Waals surface area contributed by atoms with Crippen LogP contribution in [0.5, 0.6) is 0 Å². The number of nitrogens with zero attached hydrogens (tertiary/aromatic N) is 1. The van der Waals surface area contributed by atoms with Crippen molar-refractivity contribution in [1.29, 1.82) is 0 Å². The summed E-state index contributed by atoms with van der Waals surface area (Å²) in [7, 11) is 0. The second-order valence-electron chi connectivity index (χ2n) is 4.33. The van der Waals surface area contributed by atoms with Gasteiger partial charge in [0.25, 0.3) is 5.91 Å². The smallest absolute Gasteiger partial charge is 0.326 e. The number of amides is 1. The number of β-amino-alcohol motifs (C(OH)–C–C–N with tert-alkyl or cyclic N) is 1. The van der Waals surface area contributed by atoms with E-state index >= 15 is 0 Å². The third-order valence-electron chi connectivity index (χ3n) is 2.98. The molecule has 2 N–H and O–H groups in total. The summed E-state index contributed by atoms with van der Waals surface area (Å²) in [5, 5.41) is 19.1. The zero-order chi connectivity index (χ0) is 14.2. The second kappa shape index (κ2) is 5.64. The number of rotatable bonds is 2. The van der Waals surface area contributed by atoms with Crippen LogP contribution in [0.4, 0.5) is 0 Å². The highest BCUT2D eigenvalue weighted by Crippen LogP contribution is 2.25. The lowest BCUT2D eigenvalue weighted by Crippen LogP contribution is -2.40. The van der Waals surface area contributed by atoms with Crippen molar-refractivity contribution in [2.45, 2.75) is 18.6 Å². The zero-order valence-electron chi connectivity index (χ0n) is 9.72. The highest BCUT2D eigenvalue weighted by Gasteiger charge is 2.39. The average Bonchev–Trinajstić information content (AvgIpc) is 2.74. The lowest BCUT2D eigenvalue weighted by atomic mass is 10.1. The van der Waals surface area contributed by atoms with Gasteiger partial charge in [-0.05, 0) is 40.8 Å². The van der Waals surface area contributed by atoms with Crippen molar-refractivity contribution in [2.24, 2.45) is 0 Å². The number of halogens is 2. The number of carbonyl (C=O) groups excluding carboxylic acids is 1. The van der Waals surface area contributed by atoms with E-state index in [2.05, 4.69) is 0 Å². The van der Waals surface area contributed by atoms with Crippen molar-refractivity contribution in [3.63, 3.8) is 0 Å². The standard InChI is InChI=1S/C12H11ClINO4/c13-6-1-2-9(14)8(3-6)11(17)15-5-7(16)4-10(15)12(18)19/h1-3,7,10,16H,4-5H2,(H,18,19). The number of carbonyl (C=O) groups is 2. The predicted octanol–water partition coefficient (Wildman–Crippen LogP) is 1.60. The molecule has 1 aliphatic rings. The van der Waals surface area contributed by atoms with E-state index in [1.807, 2.05) is 22.6 Å². The first-order valence-electron chi connectivity index (χ1n) is 5.57. The Bertz CT molecular complexity index is 536. The van der Waals surface area contributed by atoms with Crippen LogP contribution in [0.2, 0.25) is 5.02 Å². The maximum absolute atomic E-state index is 12.4. The van der Waals surface area contributed by atoms with Gasteiger partial charge in [-0.2, -0.15) is 0 Å². The van der Waals surface area contributed by atoms with Crippen LogP contribution in [0.15, 0.2) is 18.2 Å². The number of carboxylic acid groups (broad SMARTS) is 1. The van der Waals surface area contributed by atoms with Gasteiger partial charge in [0.2, 0.25) is 0 Å². The Hall–Kier alpha value is -0.860. The van der Waals surface area contributed by atoms with Crippen molar-refractivity contribution in [3.8, 4) is 0 Å². The fourth-order valence-corrected chi connectivity index (χ4v) is 2.83. The first kappa shape index (κ1) is 14.5. The minimum absolute atomic E-state index is 0.0262.